The highest BCUT2D eigenvalue weighted by molar-refractivity contribution is 9.10. The summed E-state index contributed by atoms with van der Waals surface area (Å²) in [7, 11) is 0. The zero-order valence-electron chi connectivity index (χ0n) is 8.14. The average molecular weight is 267 g/mol. The number of carbonyl (C=O) groups is 1. The van der Waals surface area contributed by atoms with E-state index >= 15 is 0 Å². The van der Waals surface area contributed by atoms with Crippen LogP contribution in [0.15, 0.2) is 22.7 Å². The number of carbonyl (C=O) groups excluding carboxylic acids is 1. The molecule has 2 aliphatic rings. The van der Waals surface area contributed by atoms with Crippen LogP contribution in [0.1, 0.15) is 15.9 Å². The summed E-state index contributed by atoms with van der Waals surface area (Å²) in [5, 5.41) is 6.24. The molecule has 0 bridgehead atoms. The van der Waals surface area contributed by atoms with Crippen molar-refractivity contribution in [2.45, 2.75) is 5.41 Å². The number of hydrogen-bond donors (Lipinski definition) is 2. The van der Waals surface area contributed by atoms with Crippen molar-refractivity contribution < 1.29 is 4.79 Å². The fourth-order valence-corrected chi connectivity index (χ4v) is 2.70. The van der Waals surface area contributed by atoms with Gasteiger partial charge in [0.05, 0.1) is 0 Å². The number of benzene rings is 1. The first-order valence-corrected chi connectivity index (χ1v) is 5.80. The number of fused-ring (bicyclic) bond motifs is 2. The quantitative estimate of drug-likeness (QED) is 0.737. The minimum absolute atomic E-state index is 0.0509. The van der Waals surface area contributed by atoms with E-state index in [-0.39, 0.29) is 11.3 Å². The third kappa shape index (κ3) is 1.25. The van der Waals surface area contributed by atoms with Gasteiger partial charge < -0.3 is 10.6 Å². The van der Waals surface area contributed by atoms with Gasteiger partial charge in [-0.25, -0.2) is 0 Å². The van der Waals surface area contributed by atoms with Crippen molar-refractivity contribution >= 4 is 21.8 Å². The number of amides is 1. The molecular formula is C11H11BrN2O. The number of rotatable bonds is 0. The molecule has 2 aliphatic heterocycles. The maximum Gasteiger partial charge on any atom is 0.251 e. The third-order valence-corrected chi connectivity index (χ3v) is 3.80. The van der Waals surface area contributed by atoms with Crippen LogP contribution in [0.3, 0.4) is 0 Å². The highest BCUT2D eigenvalue weighted by Crippen LogP contribution is 2.35. The molecule has 0 aromatic heterocycles. The molecule has 2 N–H and O–H groups in total. The van der Waals surface area contributed by atoms with Gasteiger partial charge in [-0.05, 0) is 23.8 Å². The Bertz CT molecular complexity index is 440. The van der Waals surface area contributed by atoms with Gasteiger partial charge in [0, 0.05) is 35.1 Å². The van der Waals surface area contributed by atoms with Crippen molar-refractivity contribution in [2.75, 3.05) is 19.6 Å². The molecule has 2 heterocycles. The van der Waals surface area contributed by atoms with E-state index in [0.29, 0.717) is 0 Å². The zero-order chi connectivity index (χ0) is 10.5. The Labute approximate surface area is 96.4 Å². The van der Waals surface area contributed by atoms with Gasteiger partial charge >= 0.3 is 0 Å². The third-order valence-electron chi connectivity index (χ3n) is 3.31. The predicted octanol–water partition coefficient (Wildman–Crippen LogP) is 1.03. The van der Waals surface area contributed by atoms with Crippen molar-refractivity contribution in [3.63, 3.8) is 0 Å². The summed E-state index contributed by atoms with van der Waals surface area (Å²) in [6, 6.07) is 5.90. The molecule has 1 amide bonds. The summed E-state index contributed by atoms with van der Waals surface area (Å²) < 4.78 is 1.04. The summed E-state index contributed by atoms with van der Waals surface area (Å²) in [5.41, 5.74) is 2.14. The molecule has 0 radical (unpaired) electrons. The van der Waals surface area contributed by atoms with Gasteiger partial charge in [0.25, 0.3) is 5.91 Å². The van der Waals surface area contributed by atoms with E-state index in [1.54, 1.807) is 0 Å². The summed E-state index contributed by atoms with van der Waals surface area (Å²) in [6.45, 7) is 2.66. The standard InChI is InChI=1S/C11H11BrN2O/c12-7-1-2-8-9(3-7)11(4-13-5-11)6-14-10(8)15/h1-3,13H,4-6H2,(H,14,15). The summed E-state index contributed by atoms with van der Waals surface area (Å²) >= 11 is 3.46. The van der Waals surface area contributed by atoms with Gasteiger partial charge in [0.1, 0.15) is 0 Å². The van der Waals surface area contributed by atoms with Crippen LogP contribution in [0.5, 0.6) is 0 Å². The lowest BCUT2D eigenvalue weighted by molar-refractivity contribution is 0.0907. The average Bonchev–Trinajstić information content (AvgIpc) is 2.15. The van der Waals surface area contributed by atoms with E-state index < -0.39 is 0 Å². The Hall–Kier alpha value is -0.870. The zero-order valence-corrected chi connectivity index (χ0v) is 9.73. The van der Waals surface area contributed by atoms with Gasteiger partial charge in [0.2, 0.25) is 0 Å². The fourth-order valence-electron chi connectivity index (χ4n) is 2.34. The number of hydrogen-bond acceptors (Lipinski definition) is 2. The minimum Gasteiger partial charge on any atom is -0.351 e. The summed E-state index contributed by atoms with van der Waals surface area (Å²) in [5.74, 6) is 0.0509. The van der Waals surface area contributed by atoms with E-state index in [2.05, 4.69) is 32.6 Å². The molecule has 78 valence electrons. The second-order valence-corrected chi connectivity index (χ2v) is 5.17. The van der Waals surface area contributed by atoms with Crippen LogP contribution >= 0.6 is 15.9 Å². The van der Waals surface area contributed by atoms with E-state index in [9.17, 15) is 4.79 Å². The predicted molar refractivity (Wildman–Crippen MR) is 61.0 cm³/mol. The Balaban J connectivity index is 2.18. The van der Waals surface area contributed by atoms with Crippen LogP contribution in [0.25, 0.3) is 0 Å². The first-order chi connectivity index (χ1) is 7.21. The SMILES string of the molecule is O=C1NCC2(CNC2)c2cc(Br)ccc21. The molecule has 1 aromatic rings. The second kappa shape index (κ2) is 3.06. The topological polar surface area (TPSA) is 41.1 Å². The Morgan fingerprint density at radius 1 is 1.27 bits per heavy atom. The number of halogens is 1. The highest BCUT2D eigenvalue weighted by Gasteiger charge is 2.44. The molecule has 0 saturated carbocycles. The van der Waals surface area contributed by atoms with Crippen molar-refractivity contribution in [1.82, 2.24) is 10.6 Å². The first kappa shape index (κ1) is 9.36. The molecule has 0 unspecified atom stereocenters. The van der Waals surface area contributed by atoms with Gasteiger partial charge in [0.15, 0.2) is 0 Å². The van der Waals surface area contributed by atoms with Gasteiger partial charge in [-0.15, -0.1) is 0 Å². The smallest absolute Gasteiger partial charge is 0.251 e. The second-order valence-electron chi connectivity index (χ2n) is 4.26. The Morgan fingerprint density at radius 3 is 2.73 bits per heavy atom. The molecule has 1 fully saturated rings. The fraction of sp³-hybridized carbons (Fsp3) is 0.364. The van der Waals surface area contributed by atoms with Gasteiger partial charge in [-0.3, -0.25) is 4.79 Å². The lowest BCUT2D eigenvalue weighted by Gasteiger charge is -2.46. The minimum atomic E-state index is 0.0509. The van der Waals surface area contributed by atoms with Crippen LogP contribution in [0.4, 0.5) is 0 Å². The maximum absolute atomic E-state index is 11.7. The highest BCUT2D eigenvalue weighted by atomic mass is 79.9. The lowest BCUT2D eigenvalue weighted by Crippen LogP contribution is -2.64. The van der Waals surface area contributed by atoms with E-state index in [1.807, 2.05) is 12.1 Å². The Kier molecular flexibility index (Phi) is 1.91. The largest absolute Gasteiger partial charge is 0.351 e. The Morgan fingerprint density at radius 2 is 2.07 bits per heavy atom. The summed E-state index contributed by atoms with van der Waals surface area (Å²) in [6.07, 6.45) is 0. The first-order valence-electron chi connectivity index (χ1n) is 5.00. The lowest BCUT2D eigenvalue weighted by atomic mass is 9.71. The van der Waals surface area contributed by atoms with Gasteiger partial charge in [-0.2, -0.15) is 0 Å². The van der Waals surface area contributed by atoms with E-state index in [1.165, 1.54) is 5.56 Å². The number of nitrogens with one attached hydrogen (secondary N) is 2. The molecule has 1 aromatic carbocycles. The summed E-state index contributed by atoms with van der Waals surface area (Å²) in [4.78, 5) is 11.7. The van der Waals surface area contributed by atoms with Crippen molar-refractivity contribution in [1.29, 1.82) is 0 Å². The molecule has 3 nitrogen and oxygen atoms in total. The molecule has 0 aliphatic carbocycles. The van der Waals surface area contributed by atoms with Crippen molar-refractivity contribution in [3.05, 3.63) is 33.8 Å². The molecule has 3 rings (SSSR count). The van der Waals surface area contributed by atoms with Crippen LogP contribution in [0, 0.1) is 0 Å². The van der Waals surface area contributed by atoms with Crippen molar-refractivity contribution in [2.24, 2.45) is 0 Å². The van der Waals surface area contributed by atoms with E-state index in [0.717, 1.165) is 29.7 Å². The molecule has 0 atom stereocenters. The molecular weight excluding hydrogens is 256 g/mol. The normalized spacial score (nSPS) is 21.8. The molecule has 4 heteroatoms. The molecule has 15 heavy (non-hydrogen) atoms. The molecule has 1 saturated heterocycles. The van der Waals surface area contributed by atoms with Crippen LogP contribution in [-0.4, -0.2) is 25.5 Å². The van der Waals surface area contributed by atoms with Crippen LogP contribution < -0.4 is 10.6 Å². The van der Waals surface area contributed by atoms with E-state index in [4.69, 9.17) is 0 Å². The monoisotopic (exact) mass is 266 g/mol. The molecule has 1 spiro atoms. The maximum atomic E-state index is 11.7. The van der Waals surface area contributed by atoms with Crippen molar-refractivity contribution in [3.8, 4) is 0 Å². The van der Waals surface area contributed by atoms with Gasteiger partial charge in [-0.1, -0.05) is 15.9 Å². The van der Waals surface area contributed by atoms with Crippen LogP contribution in [-0.2, 0) is 5.41 Å². The van der Waals surface area contributed by atoms with Crippen LogP contribution in [0.2, 0.25) is 0 Å².